The molecule has 1 aliphatic heterocycles. The highest BCUT2D eigenvalue weighted by atomic mass is 19.1. The Labute approximate surface area is 93.0 Å². The highest BCUT2D eigenvalue weighted by Crippen LogP contribution is 2.30. The first-order valence-corrected chi connectivity index (χ1v) is 5.10. The minimum atomic E-state index is -0.733. The summed E-state index contributed by atoms with van der Waals surface area (Å²) in [5, 5.41) is 12.6. The van der Waals surface area contributed by atoms with Crippen LogP contribution >= 0.6 is 0 Å². The molecule has 16 heavy (non-hydrogen) atoms. The molecule has 1 saturated heterocycles. The van der Waals surface area contributed by atoms with Crippen molar-refractivity contribution in [2.75, 3.05) is 26.9 Å². The van der Waals surface area contributed by atoms with Gasteiger partial charge in [-0.3, -0.25) is 0 Å². The van der Waals surface area contributed by atoms with Crippen LogP contribution < -0.4 is 10.1 Å². The SMILES string of the molecule is COc1cc(C2COCCN2)cc(O)c1F. The van der Waals surface area contributed by atoms with E-state index >= 15 is 0 Å². The lowest BCUT2D eigenvalue weighted by molar-refractivity contribution is 0.0767. The van der Waals surface area contributed by atoms with Crippen LogP contribution in [-0.2, 0) is 4.74 Å². The van der Waals surface area contributed by atoms with E-state index in [2.05, 4.69) is 5.32 Å². The molecule has 5 heteroatoms. The van der Waals surface area contributed by atoms with Crippen molar-refractivity contribution in [2.45, 2.75) is 6.04 Å². The Bertz CT molecular complexity index is 378. The number of methoxy groups -OCH3 is 1. The Kier molecular flexibility index (Phi) is 3.26. The van der Waals surface area contributed by atoms with Crippen molar-refractivity contribution in [1.82, 2.24) is 5.32 Å². The third kappa shape index (κ3) is 2.10. The maximum absolute atomic E-state index is 13.3. The molecular formula is C11H14FNO3. The largest absolute Gasteiger partial charge is 0.505 e. The number of nitrogens with one attached hydrogen (secondary N) is 1. The van der Waals surface area contributed by atoms with Crippen molar-refractivity contribution in [1.29, 1.82) is 0 Å². The fourth-order valence-electron chi connectivity index (χ4n) is 1.73. The average Bonchev–Trinajstić information content (AvgIpc) is 2.33. The van der Waals surface area contributed by atoms with Gasteiger partial charge in [0.1, 0.15) is 0 Å². The number of morpholine rings is 1. The minimum Gasteiger partial charge on any atom is -0.505 e. The summed E-state index contributed by atoms with van der Waals surface area (Å²) in [5.41, 5.74) is 0.760. The molecule has 1 aliphatic rings. The van der Waals surface area contributed by atoms with E-state index in [9.17, 15) is 9.50 Å². The summed E-state index contributed by atoms with van der Waals surface area (Å²) < 4.78 is 23.5. The molecule has 0 amide bonds. The van der Waals surface area contributed by atoms with Crippen LogP contribution in [0.5, 0.6) is 11.5 Å². The molecule has 1 unspecified atom stereocenters. The lowest BCUT2D eigenvalue weighted by Crippen LogP contribution is -2.34. The third-order valence-corrected chi connectivity index (χ3v) is 2.59. The number of phenols is 1. The van der Waals surface area contributed by atoms with Crippen molar-refractivity contribution in [3.05, 3.63) is 23.5 Å². The summed E-state index contributed by atoms with van der Waals surface area (Å²) in [5.74, 6) is -1.09. The predicted octanol–water partition coefficient (Wildman–Crippen LogP) is 1.20. The van der Waals surface area contributed by atoms with Gasteiger partial charge in [0.05, 0.1) is 26.4 Å². The summed E-state index contributed by atoms with van der Waals surface area (Å²) in [6, 6.07) is 2.93. The average molecular weight is 227 g/mol. The first kappa shape index (κ1) is 11.2. The number of aromatic hydroxyl groups is 1. The molecule has 0 saturated carbocycles. The van der Waals surface area contributed by atoms with E-state index in [1.807, 2.05) is 0 Å². The van der Waals surface area contributed by atoms with Crippen molar-refractivity contribution >= 4 is 0 Å². The fourth-order valence-corrected chi connectivity index (χ4v) is 1.73. The molecule has 0 aliphatic carbocycles. The lowest BCUT2D eigenvalue weighted by Gasteiger charge is -2.24. The lowest BCUT2D eigenvalue weighted by atomic mass is 10.1. The van der Waals surface area contributed by atoms with E-state index in [4.69, 9.17) is 9.47 Å². The number of halogens is 1. The highest BCUT2D eigenvalue weighted by Gasteiger charge is 2.19. The predicted molar refractivity (Wildman–Crippen MR) is 56.2 cm³/mol. The van der Waals surface area contributed by atoms with E-state index < -0.39 is 11.6 Å². The Hall–Kier alpha value is -1.33. The van der Waals surface area contributed by atoms with Crippen LogP contribution in [0.4, 0.5) is 4.39 Å². The third-order valence-electron chi connectivity index (χ3n) is 2.59. The number of hydrogen-bond acceptors (Lipinski definition) is 4. The second kappa shape index (κ2) is 4.67. The summed E-state index contributed by atoms with van der Waals surface area (Å²) in [7, 11) is 1.37. The molecule has 0 aromatic heterocycles. The quantitative estimate of drug-likeness (QED) is 0.797. The van der Waals surface area contributed by atoms with Gasteiger partial charge >= 0.3 is 0 Å². The van der Waals surface area contributed by atoms with Crippen LogP contribution in [0.15, 0.2) is 12.1 Å². The summed E-state index contributed by atoms with van der Waals surface area (Å²) in [6.45, 7) is 1.92. The maximum atomic E-state index is 13.3. The standard InChI is InChI=1S/C11H14FNO3/c1-15-10-5-7(4-9(14)11(10)12)8-6-16-3-2-13-8/h4-5,8,13-14H,2-3,6H2,1H3. The number of hydrogen-bond donors (Lipinski definition) is 2. The molecule has 4 nitrogen and oxygen atoms in total. The Morgan fingerprint density at radius 1 is 1.56 bits per heavy atom. The van der Waals surface area contributed by atoms with E-state index in [1.165, 1.54) is 13.2 Å². The molecule has 0 spiro atoms. The van der Waals surface area contributed by atoms with Gasteiger partial charge < -0.3 is 19.9 Å². The first-order chi connectivity index (χ1) is 7.72. The van der Waals surface area contributed by atoms with Crippen LogP contribution in [0.1, 0.15) is 11.6 Å². The molecule has 2 rings (SSSR count). The summed E-state index contributed by atoms with van der Waals surface area (Å²) in [6.07, 6.45) is 0. The van der Waals surface area contributed by atoms with Crippen LogP contribution in [-0.4, -0.2) is 32.0 Å². The van der Waals surface area contributed by atoms with Gasteiger partial charge in [-0.1, -0.05) is 0 Å². The molecule has 0 bridgehead atoms. The van der Waals surface area contributed by atoms with Crippen LogP contribution in [0.2, 0.25) is 0 Å². The number of rotatable bonds is 2. The number of benzene rings is 1. The number of phenolic OH excluding ortho intramolecular Hbond substituents is 1. The van der Waals surface area contributed by atoms with E-state index in [-0.39, 0.29) is 11.8 Å². The molecule has 1 heterocycles. The minimum absolute atomic E-state index is 0.0332. The second-order valence-corrected chi connectivity index (χ2v) is 3.64. The van der Waals surface area contributed by atoms with E-state index in [0.717, 1.165) is 12.1 Å². The first-order valence-electron chi connectivity index (χ1n) is 5.10. The molecule has 2 N–H and O–H groups in total. The zero-order chi connectivity index (χ0) is 11.5. The maximum Gasteiger partial charge on any atom is 0.206 e. The van der Waals surface area contributed by atoms with Gasteiger partial charge in [0.15, 0.2) is 11.5 Å². The Morgan fingerprint density at radius 3 is 3.00 bits per heavy atom. The fraction of sp³-hybridized carbons (Fsp3) is 0.455. The Balaban J connectivity index is 2.29. The van der Waals surface area contributed by atoms with Crippen molar-refractivity contribution in [3.8, 4) is 11.5 Å². The zero-order valence-electron chi connectivity index (χ0n) is 9.00. The van der Waals surface area contributed by atoms with Crippen LogP contribution in [0.3, 0.4) is 0 Å². The monoisotopic (exact) mass is 227 g/mol. The van der Waals surface area contributed by atoms with Gasteiger partial charge in [0.2, 0.25) is 5.82 Å². The normalized spacial score (nSPS) is 20.8. The van der Waals surface area contributed by atoms with E-state index in [0.29, 0.717) is 13.2 Å². The topological polar surface area (TPSA) is 50.7 Å². The molecule has 1 fully saturated rings. The van der Waals surface area contributed by atoms with Crippen LogP contribution in [0.25, 0.3) is 0 Å². The van der Waals surface area contributed by atoms with Gasteiger partial charge in [-0.15, -0.1) is 0 Å². The van der Waals surface area contributed by atoms with Gasteiger partial charge in [-0.2, -0.15) is 4.39 Å². The molecule has 1 aromatic carbocycles. The molecule has 0 radical (unpaired) electrons. The number of ether oxygens (including phenoxy) is 2. The van der Waals surface area contributed by atoms with Gasteiger partial charge in [-0.05, 0) is 17.7 Å². The molecule has 1 atom stereocenters. The highest BCUT2D eigenvalue weighted by molar-refractivity contribution is 5.41. The zero-order valence-corrected chi connectivity index (χ0v) is 9.00. The summed E-state index contributed by atoms with van der Waals surface area (Å²) in [4.78, 5) is 0. The Morgan fingerprint density at radius 2 is 2.38 bits per heavy atom. The van der Waals surface area contributed by atoms with E-state index in [1.54, 1.807) is 6.07 Å². The van der Waals surface area contributed by atoms with Crippen molar-refractivity contribution in [3.63, 3.8) is 0 Å². The van der Waals surface area contributed by atoms with Crippen LogP contribution in [0, 0.1) is 5.82 Å². The van der Waals surface area contributed by atoms with Gasteiger partial charge in [0, 0.05) is 6.54 Å². The van der Waals surface area contributed by atoms with Gasteiger partial charge in [0.25, 0.3) is 0 Å². The molecular weight excluding hydrogens is 213 g/mol. The van der Waals surface area contributed by atoms with Crippen molar-refractivity contribution < 1.29 is 19.0 Å². The van der Waals surface area contributed by atoms with Gasteiger partial charge in [-0.25, -0.2) is 0 Å². The van der Waals surface area contributed by atoms with Crippen molar-refractivity contribution in [2.24, 2.45) is 0 Å². The second-order valence-electron chi connectivity index (χ2n) is 3.64. The molecule has 1 aromatic rings. The molecule has 88 valence electrons. The smallest absolute Gasteiger partial charge is 0.206 e. The summed E-state index contributed by atoms with van der Waals surface area (Å²) >= 11 is 0.